The normalized spacial score (nSPS) is 38.7. The Labute approximate surface area is 233 Å². The van der Waals surface area contributed by atoms with Crippen molar-refractivity contribution in [2.45, 2.75) is 91.6 Å². The van der Waals surface area contributed by atoms with E-state index in [0.717, 1.165) is 0 Å². The fraction of sp³-hybridized carbons (Fsp3) is 0.862. The second-order valence-corrected chi connectivity index (χ2v) is 11.6. The smallest absolute Gasteiger partial charge is 0.411 e. The molecule has 0 unspecified atom stereocenters. The highest BCUT2D eigenvalue weighted by atomic mass is 16.6. The first-order valence-electron chi connectivity index (χ1n) is 14.1. The lowest BCUT2D eigenvalue weighted by Gasteiger charge is -2.43. The van der Waals surface area contributed by atoms with Gasteiger partial charge in [0.15, 0.2) is 5.60 Å². The third kappa shape index (κ3) is 6.82. The van der Waals surface area contributed by atoms with Crippen LogP contribution in [0.15, 0.2) is 0 Å². The molecule has 2 saturated heterocycles. The number of ether oxygens (including phenoxy) is 5. The van der Waals surface area contributed by atoms with Gasteiger partial charge in [0.05, 0.1) is 31.5 Å². The Kier molecular flexibility index (Phi) is 11.5. The van der Waals surface area contributed by atoms with Crippen LogP contribution in [0, 0.1) is 29.6 Å². The van der Waals surface area contributed by atoms with Gasteiger partial charge in [-0.15, -0.1) is 0 Å². The van der Waals surface area contributed by atoms with Crippen molar-refractivity contribution in [3.05, 3.63) is 0 Å². The van der Waals surface area contributed by atoms with Gasteiger partial charge < -0.3 is 23.7 Å². The summed E-state index contributed by atoms with van der Waals surface area (Å²) < 4.78 is 28.4. The van der Waals surface area contributed by atoms with Gasteiger partial charge in [-0.2, -0.15) is 0 Å². The summed E-state index contributed by atoms with van der Waals surface area (Å²) in [6.07, 6.45) is -0.758. The van der Waals surface area contributed by atoms with Crippen molar-refractivity contribution in [1.29, 1.82) is 0 Å². The lowest BCUT2D eigenvalue weighted by molar-refractivity contribution is -0.172. The van der Waals surface area contributed by atoms with Crippen LogP contribution in [0.4, 0.5) is 4.79 Å². The molecule has 0 spiro atoms. The summed E-state index contributed by atoms with van der Waals surface area (Å²) in [5.41, 5.74) is -2.12. The zero-order valence-electron chi connectivity index (χ0n) is 25.4. The van der Waals surface area contributed by atoms with Crippen molar-refractivity contribution in [3.63, 3.8) is 0 Å². The van der Waals surface area contributed by atoms with E-state index in [1.165, 1.54) is 4.90 Å². The summed E-state index contributed by atoms with van der Waals surface area (Å²) in [4.78, 5) is 55.4. The van der Waals surface area contributed by atoms with Gasteiger partial charge in [-0.05, 0) is 39.5 Å². The van der Waals surface area contributed by atoms with Crippen LogP contribution in [0.25, 0.3) is 0 Å². The number of hydrogen-bond donors (Lipinski definition) is 0. The third-order valence-electron chi connectivity index (χ3n) is 9.17. The maximum Gasteiger partial charge on any atom is 0.411 e. The van der Waals surface area contributed by atoms with E-state index in [0.29, 0.717) is 26.1 Å². The first kappa shape index (κ1) is 33.2. The molecule has 2 fully saturated rings. The van der Waals surface area contributed by atoms with Crippen molar-refractivity contribution in [2.75, 3.05) is 40.6 Å². The van der Waals surface area contributed by atoms with E-state index < -0.39 is 59.1 Å². The fourth-order valence-corrected chi connectivity index (χ4v) is 6.29. The largest absolute Gasteiger partial charge is 0.458 e. The maximum atomic E-state index is 14.0. The van der Waals surface area contributed by atoms with E-state index in [9.17, 15) is 19.2 Å². The average molecular weight is 556 g/mol. The van der Waals surface area contributed by atoms with Gasteiger partial charge in [0, 0.05) is 38.5 Å². The molecule has 2 rings (SSSR count). The van der Waals surface area contributed by atoms with Crippen LogP contribution in [0.2, 0.25) is 0 Å². The van der Waals surface area contributed by atoms with E-state index in [1.807, 2.05) is 27.7 Å². The van der Waals surface area contributed by atoms with Crippen LogP contribution in [0.1, 0.15) is 68.2 Å². The van der Waals surface area contributed by atoms with Gasteiger partial charge in [-0.1, -0.05) is 34.6 Å². The van der Waals surface area contributed by atoms with Crippen LogP contribution < -0.4 is 0 Å². The van der Waals surface area contributed by atoms with E-state index in [1.54, 1.807) is 41.9 Å². The molecule has 0 N–H and O–H groups in total. The Bertz CT molecular complexity index is 894. The molecular weight excluding hydrogens is 506 g/mol. The van der Waals surface area contributed by atoms with E-state index in [4.69, 9.17) is 23.7 Å². The molecule has 39 heavy (non-hydrogen) atoms. The van der Waals surface area contributed by atoms with Gasteiger partial charge in [-0.25, -0.2) is 4.79 Å². The standard InChI is InChI=1S/C29H49NO9/c1-11-22-29(8)25(30(27(34)39-29)12-13-37-15-14-35-9)19(4)23(31)17(2)16-28(7,36-10)21(6)18(3)24(32)20(5)26(33)38-22/h17-22,25H,11-16H2,1-10H3/t17-,18-,19+,20-,21-,22-,25-,28-,29-/m1/s1. The van der Waals surface area contributed by atoms with Gasteiger partial charge in [0.2, 0.25) is 0 Å². The second-order valence-electron chi connectivity index (χ2n) is 11.6. The minimum atomic E-state index is -1.32. The van der Waals surface area contributed by atoms with Gasteiger partial charge >= 0.3 is 12.1 Å². The molecule has 2 aliphatic heterocycles. The number of esters is 1. The molecular formula is C29H49NO9. The van der Waals surface area contributed by atoms with Crippen molar-refractivity contribution in [3.8, 4) is 0 Å². The number of amides is 1. The lowest BCUT2D eigenvalue weighted by atomic mass is 9.70. The highest BCUT2D eigenvalue weighted by Gasteiger charge is 2.60. The fourth-order valence-electron chi connectivity index (χ4n) is 6.29. The first-order valence-corrected chi connectivity index (χ1v) is 14.1. The lowest BCUT2D eigenvalue weighted by Crippen LogP contribution is -2.58. The zero-order chi connectivity index (χ0) is 29.7. The molecule has 0 bridgehead atoms. The minimum absolute atomic E-state index is 0.0594. The number of carbonyl (C=O) groups excluding carboxylic acids is 4. The molecule has 0 radical (unpaired) electrons. The summed E-state index contributed by atoms with van der Waals surface area (Å²) in [7, 11) is 3.15. The van der Waals surface area contributed by atoms with Crippen LogP contribution >= 0.6 is 0 Å². The molecule has 2 aliphatic rings. The number of carbonyl (C=O) groups is 4. The van der Waals surface area contributed by atoms with Crippen molar-refractivity contribution in [1.82, 2.24) is 4.90 Å². The maximum absolute atomic E-state index is 14.0. The van der Waals surface area contributed by atoms with E-state index in [2.05, 4.69) is 0 Å². The third-order valence-corrected chi connectivity index (χ3v) is 9.17. The summed E-state index contributed by atoms with van der Waals surface area (Å²) >= 11 is 0. The Morgan fingerprint density at radius 3 is 2.13 bits per heavy atom. The number of nitrogens with zero attached hydrogens (tertiary/aromatic N) is 1. The summed E-state index contributed by atoms with van der Waals surface area (Å²) in [5.74, 6) is -3.86. The summed E-state index contributed by atoms with van der Waals surface area (Å²) in [5, 5.41) is 0. The quantitative estimate of drug-likeness (QED) is 0.251. The number of hydrogen-bond acceptors (Lipinski definition) is 9. The van der Waals surface area contributed by atoms with Crippen molar-refractivity contribution >= 4 is 23.6 Å². The van der Waals surface area contributed by atoms with Gasteiger partial charge in [0.25, 0.3) is 0 Å². The van der Waals surface area contributed by atoms with Gasteiger partial charge in [0.1, 0.15) is 23.6 Å². The SMILES string of the molecule is CC[C@H]1OC(=O)[C@H](C)C(=O)[C@H](C)[C@@H](C)[C@](C)(OC)C[C@@H](C)C(=O)[C@H](C)[C@H]2N(CCOCCOC)C(=O)O[C@]12C. The molecule has 0 aromatic rings. The molecule has 2 heterocycles. The van der Waals surface area contributed by atoms with Crippen molar-refractivity contribution in [2.24, 2.45) is 29.6 Å². The highest BCUT2D eigenvalue weighted by Crippen LogP contribution is 2.42. The van der Waals surface area contributed by atoms with E-state index in [-0.39, 0.29) is 30.6 Å². The first-order chi connectivity index (χ1) is 18.2. The monoisotopic (exact) mass is 555 g/mol. The average Bonchev–Trinajstić information content (AvgIpc) is 3.17. The number of rotatable bonds is 8. The second kappa shape index (κ2) is 13.5. The van der Waals surface area contributed by atoms with Crippen LogP contribution in [0.5, 0.6) is 0 Å². The molecule has 0 aromatic heterocycles. The molecule has 10 heteroatoms. The van der Waals surface area contributed by atoms with Crippen LogP contribution in [-0.4, -0.2) is 92.5 Å². The molecule has 10 nitrogen and oxygen atoms in total. The van der Waals surface area contributed by atoms with Gasteiger partial charge in [-0.3, -0.25) is 19.3 Å². The Balaban J connectivity index is 2.57. The molecule has 1 amide bonds. The zero-order valence-corrected chi connectivity index (χ0v) is 25.4. The van der Waals surface area contributed by atoms with Crippen LogP contribution in [0.3, 0.4) is 0 Å². The predicted molar refractivity (Wildman–Crippen MR) is 144 cm³/mol. The molecule has 224 valence electrons. The Hall–Kier alpha value is -2.04. The van der Waals surface area contributed by atoms with E-state index >= 15 is 0 Å². The highest BCUT2D eigenvalue weighted by molar-refractivity contribution is 6.00. The molecule has 0 saturated carbocycles. The molecule has 0 aliphatic carbocycles. The van der Waals surface area contributed by atoms with Crippen LogP contribution in [-0.2, 0) is 38.1 Å². The Morgan fingerprint density at radius 1 is 0.923 bits per heavy atom. The number of fused-ring (bicyclic) bond motifs is 1. The van der Waals surface area contributed by atoms with Crippen molar-refractivity contribution < 1.29 is 42.9 Å². The topological polar surface area (TPSA) is 118 Å². The number of methoxy groups -OCH3 is 2. The molecule has 0 aromatic carbocycles. The summed E-state index contributed by atoms with van der Waals surface area (Å²) in [6.45, 7) is 15.5. The number of cyclic esters (lactones) is 1. The number of ketones is 2. The summed E-state index contributed by atoms with van der Waals surface area (Å²) in [6, 6.07) is -0.720. The minimum Gasteiger partial charge on any atom is -0.458 e. The molecule has 9 atom stereocenters. The predicted octanol–water partition coefficient (Wildman–Crippen LogP) is 3.68. The number of Topliss-reactive ketones (excluding diaryl/α,β-unsaturated/α-hetero) is 2. The Morgan fingerprint density at radius 2 is 1.56 bits per heavy atom.